The third-order valence-corrected chi connectivity index (χ3v) is 15.1. The van der Waals surface area contributed by atoms with E-state index in [0.717, 1.165) is 101 Å². The number of ether oxygens (including phenoxy) is 1. The summed E-state index contributed by atoms with van der Waals surface area (Å²) in [5.41, 5.74) is 14.9. The van der Waals surface area contributed by atoms with Crippen molar-refractivity contribution in [3.8, 4) is 5.75 Å². The van der Waals surface area contributed by atoms with E-state index < -0.39 is 11.1 Å². The quantitative estimate of drug-likeness (QED) is 0.148. The lowest BCUT2D eigenvalue weighted by Crippen LogP contribution is -2.47. The summed E-state index contributed by atoms with van der Waals surface area (Å²) in [5, 5.41) is 9.54. The van der Waals surface area contributed by atoms with Crippen molar-refractivity contribution in [3.63, 3.8) is 0 Å². The van der Waals surface area contributed by atoms with Gasteiger partial charge in [0.25, 0.3) is 0 Å². The van der Waals surface area contributed by atoms with Crippen molar-refractivity contribution in [1.29, 1.82) is 0 Å². The highest BCUT2D eigenvalue weighted by atomic mass is 79.9. The molecule has 0 aromatic heterocycles. The fourth-order valence-corrected chi connectivity index (χ4v) is 9.90. The Hall–Kier alpha value is -6.29. The Morgan fingerprint density at radius 3 is 0.929 bits per heavy atom. The molecule has 0 fully saturated rings. The predicted octanol–water partition coefficient (Wildman–Crippen LogP) is 14.1. The van der Waals surface area contributed by atoms with Gasteiger partial charge in [0.1, 0.15) is 5.75 Å². The zero-order chi connectivity index (χ0) is 50.5. The molecule has 3 aliphatic heterocycles. The van der Waals surface area contributed by atoms with Gasteiger partial charge in [-0.15, -0.1) is 0 Å². The smallest absolute Gasteiger partial charge is 0.247 e. The molecule has 70 heavy (non-hydrogen) atoms. The fraction of sp³-hybridized carbons (Fsp3) is 0.262. The maximum Gasteiger partial charge on any atom is 0.247 e. The molecule has 6 aromatic rings. The van der Waals surface area contributed by atoms with Gasteiger partial charge in [-0.1, -0.05) is 158 Å². The van der Waals surface area contributed by atoms with E-state index in [0.29, 0.717) is 0 Å². The molecule has 7 nitrogen and oxygen atoms in total. The number of hydrogen-bond acceptors (Lipinski definition) is 4. The van der Waals surface area contributed by atoms with Crippen LogP contribution >= 0.6 is 31.9 Å². The molecule has 3 amide bonds. The van der Waals surface area contributed by atoms with Gasteiger partial charge < -0.3 is 20.7 Å². The van der Waals surface area contributed by atoms with Crippen LogP contribution in [0.5, 0.6) is 5.75 Å². The number of methoxy groups -OCH3 is 1. The largest absolute Gasteiger partial charge is 0.497 e. The fourth-order valence-electron chi connectivity index (χ4n) is 9.37. The molecule has 360 valence electrons. The molecule has 0 saturated carbocycles. The lowest BCUT2D eigenvalue weighted by Gasteiger charge is -2.37. The summed E-state index contributed by atoms with van der Waals surface area (Å²) >= 11 is 6.93. The first-order valence-electron chi connectivity index (χ1n) is 23.7. The molecule has 3 heterocycles. The molecule has 0 spiro atoms. The van der Waals surface area contributed by atoms with Crippen molar-refractivity contribution in [2.75, 3.05) is 7.11 Å². The summed E-state index contributed by atoms with van der Waals surface area (Å²) in [4.78, 5) is 37.6. The monoisotopic (exact) mass is 1060 g/mol. The lowest BCUT2D eigenvalue weighted by atomic mass is 9.78. The van der Waals surface area contributed by atoms with Crippen molar-refractivity contribution in [2.45, 2.75) is 98.2 Å². The first-order chi connectivity index (χ1) is 33.2. The van der Waals surface area contributed by atoms with Gasteiger partial charge in [0.05, 0.1) is 23.7 Å². The Bertz CT molecular complexity index is 2860. The minimum atomic E-state index is -0.403. The van der Waals surface area contributed by atoms with Crippen LogP contribution in [0.15, 0.2) is 171 Å². The second-order valence-corrected chi connectivity index (χ2v) is 21.4. The lowest BCUT2D eigenvalue weighted by molar-refractivity contribution is -0.120. The highest BCUT2D eigenvalue weighted by Crippen LogP contribution is 2.41. The van der Waals surface area contributed by atoms with E-state index in [1.807, 2.05) is 69.3 Å². The molecule has 9 rings (SSSR count). The average molecular weight is 1060 g/mol. The van der Waals surface area contributed by atoms with E-state index >= 15 is 0 Å². The van der Waals surface area contributed by atoms with Crippen LogP contribution in [0.25, 0.3) is 16.7 Å². The minimum Gasteiger partial charge on any atom is -0.497 e. The van der Waals surface area contributed by atoms with Gasteiger partial charge in [0, 0.05) is 44.9 Å². The number of halogens is 2. The summed E-state index contributed by atoms with van der Waals surface area (Å²) in [7, 11) is 1.65. The topological polar surface area (TPSA) is 96.5 Å². The van der Waals surface area contributed by atoms with Gasteiger partial charge in [-0.3, -0.25) is 14.4 Å². The van der Waals surface area contributed by atoms with E-state index in [1.54, 1.807) is 7.11 Å². The van der Waals surface area contributed by atoms with E-state index in [2.05, 4.69) is 186 Å². The van der Waals surface area contributed by atoms with Crippen LogP contribution in [0.2, 0.25) is 0 Å². The van der Waals surface area contributed by atoms with Crippen LogP contribution in [-0.4, -0.2) is 24.8 Å². The van der Waals surface area contributed by atoms with Gasteiger partial charge in [0.2, 0.25) is 17.7 Å². The zero-order valence-corrected chi connectivity index (χ0v) is 45.0. The van der Waals surface area contributed by atoms with Crippen LogP contribution in [0, 0.1) is 20.8 Å². The highest BCUT2D eigenvalue weighted by Gasteiger charge is 2.38. The number of nitrogens with one attached hydrogen (secondary N) is 3. The molecular weight excluding hydrogens is 998 g/mol. The number of amides is 3. The van der Waals surface area contributed by atoms with E-state index in [4.69, 9.17) is 4.74 Å². The number of rotatable bonds is 7. The number of aryl methyl sites for hydroxylation is 3. The number of carbonyl (C=O) groups excluding carboxylic acids is 3. The molecule has 0 saturated heterocycles. The van der Waals surface area contributed by atoms with Crippen molar-refractivity contribution in [3.05, 3.63) is 221 Å². The summed E-state index contributed by atoms with van der Waals surface area (Å²) in [6.45, 7) is 18.2. The third kappa shape index (κ3) is 11.7. The first-order valence-corrected chi connectivity index (χ1v) is 25.2. The molecule has 6 aromatic carbocycles. The molecule has 0 radical (unpaired) electrons. The maximum atomic E-state index is 12.6. The molecule has 0 aliphatic carbocycles. The number of carbonyl (C=O) groups is 3. The Balaban J connectivity index is 0.000000155. The molecule has 3 aliphatic rings. The number of benzene rings is 6. The Labute approximate surface area is 431 Å². The van der Waals surface area contributed by atoms with E-state index in [1.165, 1.54) is 16.7 Å². The van der Waals surface area contributed by atoms with Crippen LogP contribution in [0.4, 0.5) is 0 Å². The van der Waals surface area contributed by atoms with Gasteiger partial charge in [-0.05, 0) is 149 Å². The predicted molar refractivity (Wildman–Crippen MR) is 293 cm³/mol. The second kappa shape index (κ2) is 21.4. The van der Waals surface area contributed by atoms with Crippen LogP contribution in [0.3, 0.4) is 0 Å². The molecule has 3 unspecified atom stereocenters. The van der Waals surface area contributed by atoms with Gasteiger partial charge in [-0.2, -0.15) is 0 Å². The third-order valence-electron chi connectivity index (χ3n) is 14.0. The van der Waals surface area contributed by atoms with Crippen LogP contribution < -0.4 is 20.7 Å². The SMILES string of the molecule is CC1=C(c2ccc(Br)cc2)CC(C)(c2ccc(Br)cc2)NC1=O.CC1=C(c2ccc(C)cc2)CC(C)(c2ccc(C)cc2)NC1=O.COc1ccc(C2=C(C)C(=O)NC(C)(c3ccc(C)cc3)C2)cc1. The Kier molecular flexibility index (Phi) is 15.7. The van der Waals surface area contributed by atoms with Gasteiger partial charge in [-0.25, -0.2) is 0 Å². The van der Waals surface area contributed by atoms with E-state index in [-0.39, 0.29) is 23.3 Å². The standard InChI is InChI=1S/C21H23NO2.C21H23NO.C19H17Br2NO/c1-14-5-9-17(10-6-14)21(3)13-19(15(2)20(23)22-21)16-7-11-18(24-4)12-8-16;1-14-5-9-17(10-6-14)19-13-21(4,22-20(23)16(19)3)18-11-7-15(2)8-12-18;1-12-17(13-3-7-15(20)8-4-13)11-19(2,22-18(12)23)14-5-9-16(21)10-6-14/h5-12H,13H2,1-4H3,(H,22,23);5-12H,13H2,1-4H3,(H,22,23);3-10H,11H2,1-2H3,(H,22,23). The zero-order valence-electron chi connectivity index (χ0n) is 41.9. The van der Waals surface area contributed by atoms with Crippen molar-refractivity contribution in [1.82, 2.24) is 16.0 Å². The second-order valence-electron chi connectivity index (χ2n) is 19.5. The van der Waals surface area contributed by atoms with Crippen molar-refractivity contribution >= 4 is 66.3 Å². The van der Waals surface area contributed by atoms with Gasteiger partial charge in [0.15, 0.2) is 0 Å². The summed E-state index contributed by atoms with van der Waals surface area (Å²) in [6.07, 6.45) is 2.34. The summed E-state index contributed by atoms with van der Waals surface area (Å²) in [6, 6.07) is 49.4. The van der Waals surface area contributed by atoms with Crippen LogP contribution in [0.1, 0.15) is 111 Å². The molecule has 9 heteroatoms. The molecular formula is C61H63Br2N3O4. The normalized spacial score (nSPS) is 21.1. The maximum absolute atomic E-state index is 12.6. The molecule has 0 bridgehead atoms. The van der Waals surface area contributed by atoms with Gasteiger partial charge >= 0.3 is 0 Å². The average Bonchev–Trinajstić information content (AvgIpc) is 3.34. The Morgan fingerprint density at radius 2 is 0.629 bits per heavy atom. The highest BCUT2D eigenvalue weighted by molar-refractivity contribution is 9.10. The summed E-state index contributed by atoms with van der Waals surface area (Å²) in [5.74, 6) is 0.836. The summed E-state index contributed by atoms with van der Waals surface area (Å²) < 4.78 is 7.30. The van der Waals surface area contributed by atoms with Crippen molar-refractivity contribution < 1.29 is 19.1 Å². The Morgan fingerprint density at radius 1 is 0.386 bits per heavy atom. The minimum absolute atomic E-state index is 0.000382. The van der Waals surface area contributed by atoms with Crippen molar-refractivity contribution in [2.24, 2.45) is 0 Å². The van der Waals surface area contributed by atoms with Crippen LogP contribution in [-0.2, 0) is 31.0 Å². The molecule has 3 atom stereocenters. The molecule has 3 N–H and O–H groups in total. The van der Waals surface area contributed by atoms with E-state index in [9.17, 15) is 14.4 Å². The number of hydrogen-bond donors (Lipinski definition) is 3. The first kappa shape index (κ1) is 51.6.